The van der Waals surface area contributed by atoms with E-state index in [9.17, 15) is 9.90 Å². The molecule has 2 aromatic heterocycles. The van der Waals surface area contributed by atoms with E-state index in [0.29, 0.717) is 5.15 Å². The van der Waals surface area contributed by atoms with E-state index in [1.807, 2.05) is 31.2 Å². The first-order valence-corrected chi connectivity index (χ1v) is 8.37. The van der Waals surface area contributed by atoms with Crippen molar-refractivity contribution in [2.75, 3.05) is 7.11 Å². The Morgan fingerprint density at radius 3 is 2.67 bits per heavy atom. The number of carbonyl (C=O) groups is 1. The van der Waals surface area contributed by atoms with Gasteiger partial charge in [0.2, 0.25) is 0 Å². The lowest BCUT2D eigenvalue weighted by Gasteiger charge is -2.06. The van der Waals surface area contributed by atoms with Crippen LogP contribution in [0.2, 0.25) is 5.15 Å². The second-order valence-electron chi connectivity index (χ2n) is 5.17. The number of fused-ring (bicyclic) bond motifs is 1. The third kappa shape index (κ3) is 3.07. The van der Waals surface area contributed by atoms with Gasteiger partial charge < -0.3 is 14.4 Å². The molecule has 0 saturated carbocycles. The second-order valence-corrected chi connectivity index (χ2v) is 6.61. The van der Waals surface area contributed by atoms with E-state index in [4.69, 9.17) is 16.3 Å². The van der Waals surface area contributed by atoms with Crippen LogP contribution in [0, 0.1) is 6.92 Å². The highest BCUT2D eigenvalue weighted by Gasteiger charge is 2.19. The van der Waals surface area contributed by atoms with Crippen molar-refractivity contribution < 1.29 is 14.6 Å². The molecule has 7 heteroatoms. The average molecular weight is 363 g/mol. The van der Waals surface area contributed by atoms with Crippen LogP contribution >= 0.6 is 23.4 Å². The van der Waals surface area contributed by atoms with E-state index in [1.54, 1.807) is 23.9 Å². The van der Waals surface area contributed by atoms with Gasteiger partial charge in [0.05, 0.1) is 18.0 Å². The first-order valence-electron chi connectivity index (χ1n) is 7.18. The fourth-order valence-electron chi connectivity index (χ4n) is 2.57. The Morgan fingerprint density at radius 1 is 1.33 bits per heavy atom. The standard InChI is InChI=1S/C17H15ClN2O3S/c1-10-16(24-12-5-3-11(23-2)4-6-12)15-13(7-8-19-17(15)18)20(10)9-14(21)22/h3-8H,9H2,1-2H3,(H,21,22). The highest BCUT2D eigenvalue weighted by Crippen LogP contribution is 2.40. The van der Waals surface area contributed by atoms with E-state index in [0.717, 1.165) is 32.1 Å². The maximum absolute atomic E-state index is 11.2. The number of pyridine rings is 1. The summed E-state index contributed by atoms with van der Waals surface area (Å²) in [6.07, 6.45) is 1.59. The van der Waals surface area contributed by atoms with Gasteiger partial charge in [0, 0.05) is 21.7 Å². The maximum Gasteiger partial charge on any atom is 0.323 e. The topological polar surface area (TPSA) is 64.3 Å². The van der Waals surface area contributed by atoms with Crippen LogP contribution in [-0.2, 0) is 11.3 Å². The Kier molecular flexibility index (Phi) is 4.69. The molecule has 0 aliphatic rings. The SMILES string of the molecule is COc1ccc(Sc2c(C)n(CC(=O)O)c3ccnc(Cl)c23)cc1. The van der Waals surface area contributed by atoms with Crippen molar-refractivity contribution in [3.05, 3.63) is 47.4 Å². The second kappa shape index (κ2) is 6.75. The molecule has 1 N–H and O–H groups in total. The Balaban J connectivity index is 2.12. The van der Waals surface area contributed by atoms with Gasteiger partial charge in [0.1, 0.15) is 17.4 Å². The number of ether oxygens (including phenoxy) is 1. The normalized spacial score (nSPS) is 11.0. The van der Waals surface area contributed by atoms with Gasteiger partial charge in [-0.05, 0) is 37.3 Å². The first-order chi connectivity index (χ1) is 11.5. The van der Waals surface area contributed by atoms with Crippen molar-refractivity contribution in [1.82, 2.24) is 9.55 Å². The summed E-state index contributed by atoms with van der Waals surface area (Å²) in [6, 6.07) is 9.46. The Hall–Kier alpha value is -2.18. The summed E-state index contributed by atoms with van der Waals surface area (Å²) in [5, 5.41) is 10.3. The summed E-state index contributed by atoms with van der Waals surface area (Å²) in [4.78, 5) is 17.3. The van der Waals surface area contributed by atoms with Crippen LogP contribution in [0.15, 0.2) is 46.3 Å². The fraction of sp³-hybridized carbons (Fsp3) is 0.176. The first kappa shape index (κ1) is 16.7. The van der Waals surface area contributed by atoms with Crippen molar-refractivity contribution in [2.24, 2.45) is 0 Å². The molecule has 0 atom stereocenters. The molecule has 2 heterocycles. The van der Waals surface area contributed by atoms with Gasteiger partial charge in [-0.15, -0.1) is 0 Å². The Labute approximate surface area is 148 Å². The summed E-state index contributed by atoms with van der Waals surface area (Å²) in [5.74, 6) is -0.118. The van der Waals surface area contributed by atoms with E-state index in [1.165, 1.54) is 11.8 Å². The summed E-state index contributed by atoms with van der Waals surface area (Å²) in [7, 11) is 1.62. The minimum absolute atomic E-state index is 0.119. The van der Waals surface area contributed by atoms with Crippen LogP contribution in [0.1, 0.15) is 5.69 Å². The molecule has 3 rings (SSSR count). The summed E-state index contributed by atoms with van der Waals surface area (Å²) >= 11 is 7.82. The number of aromatic nitrogens is 2. The number of halogens is 1. The highest BCUT2D eigenvalue weighted by atomic mass is 35.5. The monoisotopic (exact) mass is 362 g/mol. The number of hydrogen-bond donors (Lipinski definition) is 1. The largest absolute Gasteiger partial charge is 0.497 e. The number of rotatable bonds is 5. The van der Waals surface area contributed by atoms with Gasteiger partial charge in [-0.2, -0.15) is 0 Å². The smallest absolute Gasteiger partial charge is 0.323 e. The number of carboxylic acids is 1. The van der Waals surface area contributed by atoms with Crippen LogP contribution in [0.25, 0.3) is 10.9 Å². The molecule has 0 unspecified atom stereocenters. The lowest BCUT2D eigenvalue weighted by atomic mass is 10.3. The van der Waals surface area contributed by atoms with E-state index in [-0.39, 0.29) is 6.54 Å². The molecule has 0 amide bonds. The zero-order valence-electron chi connectivity index (χ0n) is 13.1. The fourth-order valence-corrected chi connectivity index (χ4v) is 3.94. The van der Waals surface area contributed by atoms with Crippen molar-refractivity contribution in [1.29, 1.82) is 0 Å². The molecule has 0 spiro atoms. The zero-order valence-corrected chi connectivity index (χ0v) is 14.7. The summed E-state index contributed by atoms with van der Waals surface area (Å²) in [5.41, 5.74) is 1.62. The molecule has 0 aliphatic heterocycles. The van der Waals surface area contributed by atoms with Gasteiger partial charge in [-0.1, -0.05) is 23.4 Å². The molecule has 0 aliphatic carbocycles. The molecule has 0 fully saturated rings. The van der Waals surface area contributed by atoms with Crippen LogP contribution < -0.4 is 4.74 Å². The average Bonchev–Trinajstić information content (AvgIpc) is 2.82. The molecular weight excluding hydrogens is 348 g/mol. The lowest BCUT2D eigenvalue weighted by Crippen LogP contribution is -2.09. The van der Waals surface area contributed by atoms with Crippen LogP contribution in [0.4, 0.5) is 0 Å². The Bertz CT molecular complexity index is 906. The maximum atomic E-state index is 11.2. The lowest BCUT2D eigenvalue weighted by molar-refractivity contribution is -0.137. The van der Waals surface area contributed by atoms with E-state index in [2.05, 4.69) is 4.98 Å². The number of carboxylic acid groups (broad SMARTS) is 1. The molecule has 1 aromatic carbocycles. The van der Waals surface area contributed by atoms with Crippen LogP contribution in [0.5, 0.6) is 5.75 Å². The molecule has 124 valence electrons. The van der Waals surface area contributed by atoms with Gasteiger partial charge in [-0.25, -0.2) is 4.98 Å². The molecule has 5 nitrogen and oxygen atoms in total. The molecule has 0 saturated heterocycles. The highest BCUT2D eigenvalue weighted by molar-refractivity contribution is 7.99. The molecule has 24 heavy (non-hydrogen) atoms. The number of methoxy groups -OCH3 is 1. The van der Waals surface area contributed by atoms with E-state index >= 15 is 0 Å². The van der Waals surface area contributed by atoms with Gasteiger partial charge >= 0.3 is 5.97 Å². The molecule has 3 aromatic rings. The van der Waals surface area contributed by atoms with Crippen molar-refractivity contribution in [3.8, 4) is 5.75 Å². The molecular formula is C17H15ClN2O3S. The quantitative estimate of drug-likeness (QED) is 0.687. The van der Waals surface area contributed by atoms with Crippen molar-refractivity contribution in [2.45, 2.75) is 23.3 Å². The van der Waals surface area contributed by atoms with Gasteiger partial charge in [0.15, 0.2) is 0 Å². The van der Waals surface area contributed by atoms with Crippen molar-refractivity contribution in [3.63, 3.8) is 0 Å². The number of nitrogens with zero attached hydrogens (tertiary/aromatic N) is 2. The third-order valence-corrected chi connectivity index (χ3v) is 5.20. The molecule has 0 bridgehead atoms. The number of aliphatic carboxylic acids is 1. The Morgan fingerprint density at radius 2 is 2.04 bits per heavy atom. The van der Waals surface area contributed by atoms with Crippen LogP contribution in [0.3, 0.4) is 0 Å². The van der Waals surface area contributed by atoms with Crippen LogP contribution in [-0.4, -0.2) is 27.7 Å². The number of hydrogen-bond acceptors (Lipinski definition) is 4. The minimum atomic E-state index is -0.899. The summed E-state index contributed by atoms with van der Waals surface area (Å²) < 4.78 is 6.92. The summed E-state index contributed by atoms with van der Waals surface area (Å²) in [6.45, 7) is 1.77. The zero-order chi connectivity index (χ0) is 17.3. The van der Waals surface area contributed by atoms with Crippen molar-refractivity contribution >= 4 is 40.2 Å². The predicted molar refractivity (Wildman–Crippen MR) is 94.2 cm³/mol. The number of benzene rings is 1. The molecule has 0 radical (unpaired) electrons. The minimum Gasteiger partial charge on any atom is -0.497 e. The van der Waals surface area contributed by atoms with Gasteiger partial charge in [-0.3, -0.25) is 4.79 Å². The third-order valence-electron chi connectivity index (χ3n) is 3.71. The van der Waals surface area contributed by atoms with E-state index < -0.39 is 5.97 Å². The predicted octanol–water partition coefficient (Wildman–Crippen LogP) is 4.24. The van der Waals surface area contributed by atoms with Gasteiger partial charge in [0.25, 0.3) is 0 Å².